The number of phenolic OH excluding ortho intramolecular Hbond substituents is 2. The highest BCUT2D eigenvalue weighted by Crippen LogP contribution is 2.58. The molecule has 0 saturated heterocycles. The molecule has 0 amide bonds. The fourth-order valence-electron chi connectivity index (χ4n) is 5.09. The third-order valence-corrected chi connectivity index (χ3v) is 6.74. The lowest BCUT2D eigenvalue weighted by Crippen LogP contribution is -2.52. The van der Waals surface area contributed by atoms with E-state index in [9.17, 15) is 24.9 Å². The first kappa shape index (κ1) is 24.1. The molecular formula is C29H28O6. The average molecular weight is 473 g/mol. The van der Waals surface area contributed by atoms with Crippen LogP contribution in [0.5, 0.6) is 17.2 Å². The molecule has 4 rings (SSSR count). The van der Waals surface area contributed by atoms with Crippen LogP contribution in [0.15, 0.2) is 72.8 Å². The van der Waals surface area contributed by atoms with Crippen LogP contribution in [0.2, 0.25) is 0 Å². The molecule has 3 N–H and O–H groups in total. The van der Waals surface area contributed by atoms with Gasteiger partial charge in [0.1, 0.15) is 17.2 Å². The van der Waals surface area contributed by atoms with Crippen LogP contribution in [-0.2, 0) is 16.0 Å². The summed E-state index contributed by atoms with van der Waals surface area (Å²) in [7, 11) is 0. The standard InChI is InChI=1S/C29H28O6/c1-3-6-22-17(4-2)7-5-8-23(22)35-29(34)27-24(18-9-13-20(30)14-10-18)26(28(32)33)25(27)19-11-15-21(31)16-12-19/h3,5-16,24-27,30-31H,4H2,1-2H3,(H,32,33)/b6-3-/t24-,25-,26?,27?/m1/s1. The highest BCUT2D eigenvalue weighted by molar-refractivity contribution is 5.86. The van der Waals surface area contributed by atoms with Gasteiger partial charge in [-0.2, -0.15) is 0 Å². The maximum absolute atomic E-state index is 13.7. The number of carbonyl (C=O) groups excluding carboxylic acids is 1. The van der Waals surface area contributed by atoms with Crippen LogP contribution in [0.3, 0.4) is 0 Å². The second kappa shape index (κ2) is 10.1. The van der Waals surface area contributed by atoms with Gasteiger partial charge in [0, 0.05) is 17.4 Å². The number of carbonyl (C=O) groups is 2. The number of carboxylic acids is 1. The van der Waals surface area contributed by atoms with Crippen molar-refractivity contribution in [1.82, 2.24) is 0 Å². The molecule has 0 aromatic heterocycles. The van der Waals surface area contributed by atoms with E-state index in [1.54, 1.807) is 30.3 Å². The summed E-state index contributed by atoms with van der Waals surface area (Å²) < 4.78 is 5.94. The quantitative estimate of drug-likeness (QED) is 0.310. The molecule has 0 aliphatic heterocycles. The van der Waals surface area contributed by atoms with E-state index in [2.05, 4.69) is 0 Å². The van der Waals surface area contributed by atoms with Crippen LogP contribution in [0.25, 0.3) is 6.08 Å². The zero-order chi connectivity index (χ0) is 25.1. The average Bonchev–Trinajstić information content (AvgIpc) is 2.82. The van der Waals surface area contributed by atoms with Gasteiger partial charge < -0.3 is 20.1 Å². The molecule has 0 heterocycles. The van der Waals surface area contributed by atoms with E-state index in [4.69, 9.17) is 4.74 Å². The first-order valence-corrected chi connectivity index (χ1v) is 11.6. The van der Waals surface area contributed by atoms with Crippen LogP contribution < -0.4 is 4.74 Å². The molecule has 180 valence electrons. The fraction of sp³-hybridized carbons (Fsp3) is 0.241. The van der Waals surface area contributed by atoms with Crippen molar-refractivity contribution < 1.29 is 29.6 Å². The molecule has 0 radical (unpaired) electrons. The smallest absolute Gasteiger partial charge is 0.315 e. The Morgan fingerprint density at radius 2 is 1.40 bits per heavy atom. The predicted molar refractivity (Wildman–Crippen MR) is 132 cm³/mol. The topological polar surface area (TPSA) is 104 Å². The third-order valence-electron chi connectivity index (χ3n) is 6.74. The number of hydrogen-bond donors (Lipinski definition) is 3. The lowest BCUT2D eigenvalue weighted by Gasteiger charge is -2.49. The van der Waals surface area contributed by atoms with Gasteiger partial charge in [0.15, 0.2) is 0 Å². The molecule has 0 unspecified atom stereocenters. The second-order valence-corrected chi connectivity index (χ2v) is 8.73. The summed E-state index contributed by atoms with van der Waals surface area (Å²) >= 11 is 0. The van der Waals surface area contributed by atoms with Crippen molar-refractivity contribution in [3.8, 4) is 17.2 Å². The molecule has 6 heteroatoms. The molecule has 3 aromatic rings. The summed E-state index contributed by atoms with van der Waals surface area (Å²) in [5.74, 6) is -3.92. The first-order chi connectivity index (χ1) is 16.8. The number of phenols is 2. The third kappa shape index (κ3) is 4.64. The summed E-state index contributed by atoms with van der Waals surface area (Å²) in [5.41, 5.74) is 3.14. The van der Waals surface area contributed by atoms with E-state index in [1.807, 2.05) is 38.1 Å². The minimum atomic E-state index is -1.02. The van der Waals surface area contributed by atoms with Crippen LogP contribution in [0, 0.1) is 11.8 Å². The predicted octanol–water partition coefficient (Wildman–Crippen LogP) is 5.50. The lowest BCUT2D eigenvalue weighted by molar-refractivity contribution is -0.158. The monoisotopic (exact) mass is 472 g/mol. The van der Waals surface area contributed by atoms with Crippen LogP contribution in [0.1, 0.15) is 47.9 Å². The molecule has 1 aliphatic rings. The molecule has 6 nitrogen and oxygen atoms in total. The summed E-state index contributed by atoms with van der Waals surface area (Å²) in [4.78, 5) is 26.1. The van der Waals surface area contributed by atoms with Gasteiger partial charge in [-0.25, -0.2) is 0 Å². The maximum atomic E-state index is 13.7. The molecule has 0 spiro atoms. The minimum absolute atomic E-state index is 0.0570. The Bertz CT molecular complexity index is 1190. The van der Waals surface area contributed by atoms with Gasteiger partial charge >= 0.3 is 11.9 Å². The van der Waals surface area contributed by atoms with Crippen LogP contribution in [-0.4, -0.2) is 27.3 Å². The van der Waals surface area contributed by atoms with Crippen molar-refractivity contribution in [2.24, 2.45) is 11.8 Å². The van der Waals surface area contributed by atoms with Crippen molar-refractivity contribution in [3.05, 3.63) is 95.1 Å². The summed E-state index contributed by atoms with van der Waals surface area (Å²) in [6.45, 7) is 3.92. The highest BCUT2D eigenvalue weighted by Gasteiger charge is 2.59. The van der Waals surface area contributed by atoms with Crippen molar-refractivity contribution >= 4 is 18.0 Å². The Labute approximate surface area is 204 Å². The number of ether oxygens (including phenoxy) is 1. The minimum Gasteiger partial charge on any atom is -0.508 e. The van der Waals surface area contributed by atoms with Gasteiger partial charge in [-0.3, -0.25) is 9.59 Å². The number of carboxylic acid groups (broad SMARTS) is 1. The van der Waals surface area contributed by atoms with Crippen molar-refractivity contribution in [2.45, 2.75) is 32.1 Å². The molecule has 0 bridgehead atoms. The van der Waals surface area contributed by atoms with Crippen molar-refractivity contribution in [1.29, 1.82) is 0 Å². The molecule has 1 aliphatic carbocycles. The number of aryl methyl sites for hydroxylation is 1. The number of benzene rings is 3. The van der Waals surface area contributed by atoms with E-state index in [-0.39, 0.29) is 11.5 Å². The van der Waals surface area contributed by atoms with Crippen molar-refractivity contribution in [2.75, 3.05) is 0 Å². The van der Waals surface area contributed by atoms with Gasteiger partial charge in [0.2, 0.25) is 0 Å². The van der Waals surface area contributed by atoms with Gasteiger partial charge in [-0.1, -0.05) is 55.5 Å². The first-order valence-electron chi connectivity index (χ1n) is 11.6. The number of aliphatic carboxylic acids is 1. The van der Waals surface area contributed by atoms with Gasteiger partial charge in [-0.05, 0) is 60.4 Å². The Hall–Kier alpha value is -4.06. The maximum Gasteiger partial charge on any atom is 0.315 e. The summed E-state index contributed by atoms with van der Waals surface area (Å²) in [5, 5.41) is 29.6. The number of esters is 1. The number of rotatable bonds is 7. The summed E-state index contributed by atoms with van der Waals surface area (Å²) in [6, 6.07) is 18.1. The fourth-order valence-corrected chi connectivity index (χ4v) is 5.09. The highest BCUT2D eigenvalue weighted by atomic mass is 16.5. The van der Waals surface area contributed by atoms with Gasteiger partial charge in [0.25, 0.3) is 0 Å². The van der Waals surface area contributed by atoms with Gasteiger partial charge in [-0.15, -0.1) is 0 Å². The second-order valence-electron chi connectivity index (χ2n) is 8.73. The largest absolute Gasteiger partial charge is 0.508 e. The van der Waals surface area contributed by atoms with E-state index < -0.39 is 35.6 Å². The Morgan fingerprint density at radius 3 is 1.86 bits per heavy atom. The number of aromatic hydroxyl groups is 2. The van der Waals surface area contributed by atoms with E-state index >= 15 is 0 Å². The Kier molecular flexibility index (Phi) is 6.92. The normalized spacial score (nSPS) is 21.4. The lowest BCUT2D eigenvalue weighted by atomic mass is 9.52. The molecule has 2 atom stereocenters. The van der Waals surface area contributed by atoms with Crippen molar-refractivity contribution in [3.63, 3.8) is 0 Å². The van der Waals surface area contributed by atoms with Gasteiger partial charge in [0.05, 0.1) is 11.8 Å². The van der Waals surface area contributed by atoms with E-state index in [1.165, 1.54) is 24.3 Å². The SMILES string of the molecule is C/C=C\c1c(CC)cccc1OC(=O)C1[C@H](c2ccc(O)cc2)C(C(=O)O)[C@H]1c1ccc(O)cc1. The number of hydrogen-bond acceptors (Lipinski definition) is 5. The molecular weight excluding hydrogens is 444 g/mol. The summed E-state index contributed by atoms with van der Waals surface area (Å²) in [6.07, 6.45) is 4.55. The molecule has 3 aromatic carbocycles. The van der Waals surface area contributed by atoms with Crippen LogP contribution >= 0.6 is 0 Å². The zero-order valence-corrected chi connectivity index (χ0v) is 19.6. The van der Waals surface area contributed by atoms with Crippen LogP contribution in [0.4, 0.5) is 0 Å². The Balaban J connectivity index is 1.77. The molecule has 1 fully saturated rings. The number of allylic oxidation sites excluding steroid dienone is 1. The van der Waals surface area contributed by atoms with E-state index in [0.29, 0.717) is 16.9 Å². The molecule has 35 heavy (non-hydrogen) atoms. The zero-order valence-electron chi connectivity index (χ0n) is 19.6. The Morgan fingerprint density at radius 1 is 0.857 bits per heavy atom. The molecule has 1 saturated carbocycles. The van der Waals surface area contributed by atoms with E-state index in [0.717, 1.165) is 17.5 Å².